The Morgan fingerprint density at radius 2 is 1.93 bits per heavy atom. The van der Waals surface area contributed by atoms with E-state index in [0.717, 1.165) is 12.8 Å². The molecule has 1 atom stereocenters. The van der Waals surface area contributed by atoms with Crippen molar-refractivity contribution in [3.05, 3.63) is 18.2 Å². The number of hydrogen-bond donors (Lipinski definition) is 2. The molecule has 1 fully saturated rings. The van der Waals surface area contributed by atoms with Crippen molar-refractivity contribution in [2.45, 2.75) is 43.5 Å². The van der Waals surface area contributed by atoms with E-state index in [1.807, 2.05) is 6.92 Å². The Morgan fingerprint density at radius 1 is 1.21 bits per heavy atom. The van der Waals surface area contributed by atoms with E-state index >= 15 is 0 Å². The van der Waals surface area contributed by atoms with E-state index < -0.39 is 16.0 Å². The van der Waals surface area contributed by atoms with Crippen LogP contribution in [-0.4, -0.2) is 52.7 Å². The summed E-state index contributed by atoms with van der Waals surface area (Å²) in [5.74, 6) is 0.553. The second kappa shape index (κ2) is 9.45. The number of amides is 1. The Labute approximate surface area is 170 Å². The molecule has 1 aromatic carbocycles. The van der Waals surface area contributed by atoms with E-state index in [4.69, 9.17) is 14.2 Å². The van der Waals surface area contributed by atoms with E-state index in [9.17, 15) is 18.0 Å². The van der Waals surface area contributed by atoms with Gasteiger partial charge in [0.25, 0.3) is 5.91 Å². The molecule has 1 heterocycles. The van der Waals surface area contributed by atoms with E-state index in [1.54, 1.807) is 6.07 Å². The molecule has 1 saturated carbocycles. The standard InChI is InChI=1S/C19H26N2O7S/c1-13(14-4-5-14)21-18(22)12-28-19(23)3-2-8-20-29(24,25)15-6-7-16-17(11-15)27-10-9-26-16/h6-7,11,13-14,20H,2-5,8-10,12H2,1H3,(H,21,22). The van der Waals surface area contributed by atoms with Gasteiger partial charge in [0, 0.05) is 25.1 Å². The monoisotopic (exact) mass is 426 g/mol. The van der Waals surface area contributed by atoms with Crippen LogP contribution >= 0.6 is 0 Å². The second-order valence-electron chi connectivity index (χ2n) is 7.16. The Balaban J connectivity index is 1.35. The fraction of sp³-hybridized carbons (Fsp3) is 0.579. The van der Waals surface area contributed by atoms with Gasteiger partial charge < -0.3 is 19.5 Å². The summed E-state index contributed by atoms with van der Waals surface area (Å²) < 4.78 is 42.9. The molecule has 29 heavy (non-hydrogen) atoms. The first kappa shape index (κ1) is 21.4. The average molecular weight is 426 g/mol. The Bertz CT molecular complexity index is 852. The van der Waals surface area contributed by atoms with Crippen LogP contribution in [0.2, 0.25) is 0 Å². The van der Waals surface area contributed by atoms with Gasteiger partial charge in [0.05, 0.1) is 4.90 Å². The lowest BCUT2D eigenvalue weighted by Crippen LogP contribution is -2.37. The van der Waals surface area contributed by atoms with E-state index in [0.29, 0.717) is 30.6 Å². The molecule has 10 heteroatoms. The Hall–Kier alpha value is -2.33. The number of carbonyl (C=O) groups is 2. The quantitative estimate of drug-likeness (QED) is 0.423. The molecule has 9 nitrogen and oxygen atoms in total. The highest BCUT2D eigenvalue weighted by molar-refractivity contribution is 7.89. The fourth-order valence-electron chi connectivity index (χ4n) is 2.94. The highest BCUT2D eigenvalue weighted by Crippen LogP contribution is 2.32. The van der Waals surface area contributed by atoms with Crippen molar-refractivity contribution in [3.63, 3.8) is 0 Å². The maximum Gasteiger partial charge on any atom is 0.306 e. The maximum absolute atomic E-state index is 12.4. The molecule has 0 saturated heterocycles. The highest BCUT2D eigenvalue weighted by Gasteiger charge is 2.29. The first-order valence-electron chi connectivity index (χ1n) is 9.69. The predicted octanol–water partition coefficient (Wildman–Crippen LogP) is 0.974. The molecule has 1 aliphatic heterocycles. The third-order valence-corrected chi connectivity index (χ3v) is 6.21. The summed E-state index contributed by atoms with van der Waals surface area (Å²) in [5, 5.41) is 2.80. The summed E-state index contributed by atoms with van der Waals surface area (Å²) in [7, 11) is -3.73. The fourth-order valence-corrected chi connectivity index (χ4v) is 4.03. The van der Waals surface area contributed by atoms with Crippen LogP contribution in [0.5, 0.6) is 11.5 Å². The van der Waals surface area contributed by atoms with Gasteiger partial charge in [-0.2, -0.15) is 0 Å². The van der Waals surface area contributed by atoms with Crippen LogP contribution in [0.15, 0.2) is 23.1 Å². The maximum atomic E-state index is 12.4. The predicted molar refractivity (Wildman–Crippen MR) is 103 cm³/mol. The SMILES string of the molecule is CC(NC(=O)COC(=O)CCCNS(=O)(=O)c1ccc2c(c1)OCCO2)C1CC1. The summed E-state index contributed by atoms with van der Waals surface area (Å²) in [6.45, 7) is 2.47. The zero-order valence-electron chi connectivity index (χ0n) is 16.3. The number of nitrogens with one attached hydrogen (secondary N) is 2. The third kappa shape index (κ3) is 6.33. The second-order valence-corrected chi connectivity index (χ2v) is 8.93. The van der Waals surface area contributed by atoms with Crippen molar-refractivity contribution >= 4 is 21.9 Å². The molecule has 3 rings (SSSR count). The molecule has 2 aliphatic rings. The number of rotatable bonds is 10. The molecule has 1 aliphatic carbocycles. The van der Waals surface area contributed by atoms with Gasteiger partial charge in [0.2, 0.25) is 10.0 Å². The van der Waals surface area contributed by atoms with E-state index in [1.165, 1.54) is 12.1 Å². The zero-order chi connectivity index (χ0) is 20.9. The molecule has 0 spiro atoms. The summed E-state index contributed by atoms with van der Waals surface area (Å²) >= 11 is 0. The smallest absolute Gasteiger partial charge is 0.306 e. The van der Waals surface area contributed by atoms with Gasteiger partial charge in [0.1, 0.15) is 13.2 Å². The minimum atomic E-state index is -3.73. The van der Waals surface area contributed by atoms with Gasteiger partial charge in [-0.25, -0.2) is 13.1 Å². The average Bonchev–Trinajstić information content (AvgIpc) is 3.55. The first-order chi connectivity index (χ1) is 13.8. The lowest BCUT2D eigenvalue weighted by molar-refractivity contribution is -0.148. The lowest BCUT2D eigenvalue weighted by atomic mass is 10.2. The van der Waals surface area contributed by atoms with Gasteiger partial charge in [0.15, 0.2) is 18.1 Å². The number of benzene rings is 1. The van der Waals surface area contributed by atoms with Gasteiger partial charge in [-0.1, -0.05) is 0 Å². The number of fused-ring (bicyclic) bond motifs is 1. The molecule has 0 aromatic heterocycles. The van der Waals surface area contributed by atoms with Crippen LogP contribution in [-0.2, 0) is 24.3 Å². The Morgan fingerprint density at radius 3 is 2.66 bits per heavy atom. The van der Waals surface area contributed by atoms with Crippen LogP contribution in [0, 0.1) is 5.92 Å². The van der Waals surface area contributed by atoms with Crippen molar-refractivity contribution in [2.24, 2.45) is 5.92 Å². The van der Waals surface area contributed by atoms with E-state index in [2.05, 4.69) is 10.0 Å². The zero-order valence-corrected chi connectivity index (χ0v) is 17.1. The number of sulfonamides is 1. The first-order valence-corrected chi connectivity index (χ1v) is 11.2. The van der Waals surface area contributed by atoms with Crippen molar-refractivity contribution in [2.75, 3.05) is 26.4 Å². The number of ether oxygens (including phenoxy) is 3. The minimum absolute atomic E-state index is 0.00905. The molecule has 0 radical (unpaired) electrons. The molecule has 1 unspecified atom stereocenters. The van der Waals surface area contributed by atoms with Crippen LogP contribution < -0.4 is 19.5 Å². The van der Waals surface area contributed by atoms with Crippen LogP contribution in [0.25, 0.3) is 0 Å². The normalized spacial score (nSPS) is 16.7. The largest absolute Gasteiger partial charge is 0.486 e. The topological polar surface area (TPSA) is 120 Å². The molecular weight excluding hydrogens is 400 g/mol. The summed E-state index contributed by atoms with van der Waals surface area (Å²) in [5.41, 5.74) is 0. The van der Waals surface area contributed by atoms with Crippen LogP contribution in [0.1, 0.15) is 32.6 Å². The molecule has 160 valence electrons. The van der Waals surface area contributed by atoms with Gasteiger partial charge >= 0.3 is 5.97 Å². The van der Waals surface area contributed by atoms with Gasteiger partial charge in [-0.3, -0.25) is 9.59 Å². The highest BCUT2D eigenvalue weighted by atomic mass is 32.2. The molecule has 0 bridgehead atoms. The number of esters is 1. The molecule has 2 N–H and O–H groups in total. The minimum Gasteiger partial charge on any atom is -0.486 e. The van der Waals surface area contributed by atoms with Crippen molar-refractivity contribution in [3.8, 4) is 11.5 Å². The van der Waals surface area contributed by atoms with Crippen LogP contribution in [0.3, 0.4) is 0 Å². The molecular formula is C19H26N2O7S. The van der Waals surface area contributed by atoms with Gasteiger partial charge in [-0.15, -0.1) is 0 Å². The van der Waals surface area contributed by atoms with Crippen LogP contribution in [0.4, 0.5) is 0 Å². The molecule has 1 aromatic rings. The van der Waals surface area contributed by atoms with Crippen molar-refractivity contribution < 1.29 is 32.2 Å². The summed E-state index contributed by atoms with van der Waals surface area (Å²) in [4.78, 5) is 23.5. The Kier molecular flexibility index (Phi) is 6.96. The van der Waals surface area contributed by atoms with E-state index in [-0.39, 0.29) is 42.8 Å². The van der Waals surface area contributed by atoms with Crippen molar-refractivity contribution in [1.29, 1.82) is 0 Å². The third-order valence-electron chi connectivity index (χ3n) is 4.76. The lowest BCUT2D eigenvalue weighted by Gasteiger charge is -2.18. The van der Waals surface area contributed by atoms with Gasteiger partial charge in [-0.05, 0) is 44.2 Å². The number of hydrogen-bond acceptors (Lipinski definition) is 7. The molecule has 1 amide bonds. The van der Waals surface area contributed by atoms with Crippen molar-refractivity contribution in [1.82, 2.24) is 10.0 Å². The summed E-state index contributed by atoms with van der Waals surface area (Å²) in [6, 6.07) is 4.49. The summed E-state index contributed by atoms with van der Waals surface area (Å²) in [6.07, 6.45) is 2.49. The number of carbonyl (C=O) groups excluding carboxylic acids is 2.